The quantitative estimate of drug-likeness (QED) is 0.890. The molecule has 0 heterocycles. The van der Waals surface area contributed by atoms with Gasteiger partial charge in [0.1, 0.15) is 11.8 Å². The Morgan fingerprint density at radius 2 is 1.78 bits per heavy atom. The maximum absolute atomic E-state index is 12.2. The van der Waals surface area contributed by atoms with Gasteiger partial charge in [-0.1, -0.05) is 26.8 Å². The number of benzene rings is 1. The van der Waals surface area contributed by atoms with E-state index in [-0.39, 0.29) is 11.6 Å². The number of nitrogens with one attached hydrogen (secondary N) is 2. The second-order valence-electron chi connectivity index (χ2n) is 6.01. The van der Waals surface area contributed by atoms with Crippen molar-refractivity contribution in [2.24, 2.45) is 5.41 Å². The summed E-state index contributed by atoms with van der Waals surface area (Å²) < 4.78 is 40.3. The van der Waals surface area contributed by atoms with E-state index in [4.69, 9.17) is 0 Å². The molecule has 0 fully saturated rings. The lowest BCUT2D eigenvalue weighted by Gasteiger charge is -2.21. The highest BCUT2D eigenvalue weighted by molar-refractivity contribution is 5.97. The number of rotatable bonds is 4. The number of amides is 2. The molecule has 8 heteroatoms. The van der Waals surface area contributed by atoms with Crippen molar-refractivity contribution >= 4 is 17.5 Å². The molecule has 0 bridgehead atoms. The molecular formula is C15H19F3N2O3. The summed E-state index contributed by atoms with van der Waals surface area (Å²) in [7, 11) is 0. The summed E-state index contributed by atoms with van der Waals surface area (Å²) in [5.74, 6) is -1.30. The van der Waals surface area contributed by atoms with Crippen LogP contribution >= 0.6 is 0 Å². The van der Waals surface area contributed by atoms with E-state index in [2.05, 4.69) is 15.4 Å². The van der Waals surface area contributed by atoms with Crippen molar-refractivity contribution < 1.29 is 27.5 Å². The van der Waals surface area contributed by atoms with Crippen molar-refractivity contribution in [2.45, 2.75) is 40.1 Å². The lowest BCUT2D eigenvalue weighted by molar-refractivity contribution is -0.274. The van der Waals surface area contributed by atoms with Crippen LogP contribution in [-0.2, 0) is 9.59 Å². The van der Waals surface area contributed by atoms with Crippen LogP contribution in [0, 0.1) is 5.41 Å². The highest BCUT2D eigenvalue weighted by Gasteiger charge is 2.31. The first-order valence-corrected chi connectivity index (χ1v) is 6.86. The van der Waals surface area contributed by atoms with Gasteiger partial charge in [0, 0.05) is 17.2 Å². The second kappa shape index (κ2) is 6.89. The highest BCUT2D eigenvalue weighted by atomic mass is 19.4. The van der Waals surface area contributed by atoms with Crippen molar-refractivity contribution in [1.82, 2.24) is 5.32 Å². The summed E-state index contributed by atoms with van der Waals surface area (Å²) in [6.45, 7) is 6.58. The Morgan fingerprint density at radius 3 is 2.30 bits per heavy atom. The van der Waals surface area contributed by atoms with E-state index < -0.39 is 29.5 Å². The number of hydrogen-bond acceptors (Lipinski definition) is 3. The highest BCUT2D eigenvalue weighted by Crippen LogP contribution is 2.25. The van der Waals surface area contributed by atoms with Crippen LogP contribution in [0.5, 0.6) is 5.75 Å². The van der Waals surface area contributed by atoms with Gasteiger partial charge in [-0.2, -0.15) is 0 Å². The minimum atomic E-state index is -4.81. The van der Waals surface area contributed by atoms with Crippen molar-refractivity contribution in [1.29, 1.82) is 0 Å². The molecule has 1 aromatic rings. The van der Waals surface area contributed by atoms with Crippen LogP contribution in [0.4, 0.5) is 18.9 Å². The zero-order chi connectivity index (χ0) is 17.8. The van der Waals surface area contributed by atoms with Gasteiger partial charge in [-0.05, 0) is 19.1 Å². The minimum absolute atomic E-state index is 0.133. The summed E-state index contributed by atoms with van der Waals surface area (Å²) in [5.41, 5.74) is -0.525. The number of carbonyl (C=O) groups is 2. The van der Waals surface area contributed by atoms with E-state index in [1.54, 1.807) is 20.8 Å². The molecule has 1 aromatic carbocycles. The molecule has 5 nitrogen and oxygen atoms in total. The van der Waals surface area contributed by atoms with Gasteiger partial charge in [0.25, 0.3) is 0 Å². The Balaban J connectivity index is 2.70. The van der Waals surface area contributed by atoms with Gasteiger partial charge in [0.15, 0.2) is 0 Å². The average molecular weight is 332 g/mol. The van der Waals surface area contributed by atoms with Gasteiger partial charge in [-0.15, -0.1) is 13.2 Å². The van der Waals surface area contributed by atoms with Gasteiger partial charge in [-0.25, -0.2) is 0 Å². The van der Waals surface area contributed by atoms with E-state index >= 15 is 0 Å². The van der Waals surface area contributed by atoms with Crippen LogP contribution < -0.4 is 15.4 Å². The molecule has 1 atom stereocenters. The number of carbonyl (C=O) groups excluding carboxylic acids is 2. The standard InChI is InChI=1S/C15H19F3N2O3/c1-9(19-13(22)14(2,3)4)12(21)20-10-6-5-7-11(8-10)23-15(16,17)18/h5-9H,1-4H3,(H,19,22)(H,20,21). The van der Waals surface area contributed by atoms with Crippen molar-refractivity contribution in [3.63, 3.8) is 0 Å². The predicted octanol–water partition coefficient (Wildman–Crippen LogP) is 3.07. The Hall–Kier alpha value is -2.25. The van der Waals surface area contributed by atoms with Gasteiger partial charge >= 0.3 is 6.36 Å². The fraction of sp³-hybridized carbons (Fsp3) is 0.467. The SMILES string of the molecule is CC(NC(=O)C(C)(C)C)C(=O)Nc1cccc(OC(F)(F)F)c1. The largest absolute Gasteiger partial charge is 0.573 e. The number of hydrogen-bond donors (Lipinski definition) is 2. The fourth-order valence-electron chi connectivity index (χ4n) is 1.50. The minimum Gasteiger partial charge on any atom is -0.406 e. The first kappa shape index (κ1) is 18.8. The Labute approximate surface area is 132 Å². The lowest BCUT2D eigenvalue weighted by atomic mass is 9.95. The van der Waals surface area contributed by atoms with Crippen LogP contribution in [0.1, 0.15) is 27.7 Å². The molecule has 2 amide bonds. The zero-order valence-electron chi connectivity index (χ0n) is 13.2. The third-order valence-corrected chi connectivity index (χ3v) is 2.76. The van der Waals surface area contributed by atoms with Crippen LogP contribution in [-0.4, -0.2) is 24.2 Å². The molecule has 128 valence electrons. The lowest BCUT2D eigenvalue weighted by Crippen LogP contribution is -2.46. The monoisotopic (exact) mass is 332 g/mol. The molecule has 0 spiro atoms. The summed E-state index contributed by atoms with van der Waals surface area (Å²) >= 11 is 0. The Kier molecular flexibility index (Phi) is 5.63. The average Bonchev–Trinajstić information content (AvgIpc) is 2.35. The third-order valence-electron chi connectivity index (χ3n) is 2.76. The molecule has 23 heavy (non-hydrogen) atoms. The smallest absolute Gasteiger partial charge is 0.406 e. The van der Waals surface area contributed by atoms with Crippen LogP contribution in [0.2, 0.25) is 0 Å². The molecule has 2 N–H and O–H groups in total. The van der Waals surface area contributed by atoms with E-state index in [1.165, 1.54) is 19.1 Å². The molecule has 0 saturated carbocycles. The molecule has 0 aliphatic carbocycles. The van der Waals surface area contributed by atoms with Crippen LogP contribution in [0.25, 0.3) is 0 Å². The molecule has 1 rings (SSSR count). The van der Waals surface area contributed by atoms with Crippen LogP contribution in [0.3, 0.4) is 0 Å². The van der Waals surface area contributed by atoms with Gasteiger partial charge in [0.2, 0.25) is 11.8 Å². The third kappa shape index (κ3) is 6.58. The van der Waals surface area contributed by atoms with E-state index in [0.29, 0.717) is 0 Å². The first-order valence-electron chi connectivity index (χ1n) is 6.86. The number of halogens is 3. The van der Waals surface area contributed by atoms with Crippen molar-refractivity contribution in [3.05, 3.63) is 24.3 Å². The summed E-state index contributed by atoms with van der Waals surface area (Å²) in [5, 5.41) is 4.95. The van der Waals surface area contributed by atoms with E-state index in [9.17, 15) is 22.8 Å². The fourth-order valence-corrected chi connectivity index (χ4v) is 1.50. The number of anilines is 1. The molecule has 0 aliphatic heterocycles. The van der Waals surface area contributed by atoms with E-state index in [0.717, 1.165) is 12.1 Å². The molecular weight excluding hydrogens is 313 g/mol. The maximum atomic E-state index is 12.2. The second-order valence-corrected chi connectivity index (χ2v) is 6.01. The molecule has 0 radical (unpaired) electrons. The topological polar surface area (TPSA) is 67.4 Å². The van der Waals surface area contributed by atoms with Crippen LogP contribution in [0.15, 0.2) is 24.3 Å². The summed E-state index contributed by atoms with van der Waals surface area (Å²) in [6, 6.07) is 4.06. The predicted molar refractivity (Wildman–Crippen MR) is 78.8 cm³/mol. The van der Waals surface area contributed by atoms with Gasteiger partial charge in [0.05, 0.1) is 0 Å². The van der Waals surface area contributed by atoms with E-state index in [1.807, 2.05) is 0 Å². The zero-order valence-corrected chi connectivity index (χ0v) is 13.2. The molecule has 0 saturated heterocycles. The van der Waals surface area contributed by atoms with Crippen molar-refractivity contribution in [2.75, 3.05) is 5.32 Å². The normalized spacial score (nSPS) is 13.2. The number of alkyl halides is 3. The summed E-state index contributed by atoms with van der Waals surface area (Å²) in [6.07, 6.45) is -4.81. The maximum Gasteiger partial charge on any atom is 0.573 e. The molecule has 0 aliphatic rings. The van der Waals surface area contributed by atoms with Gasteiger partial charge < -0.3 is 15.4 Å². The summed E-state index contributed by atoms with van der Waals surface area (Å²) in [4.78, 5) is 23.8. The Morgan fingerprint density at radius 1 is 1.17 bits per heavy atom. The van der Waals surface area contributed by atoms with Crippen molar-refractivity contribution in [3.8, 4) is 5.75 Å². The first-order chi connectivity index (χ1) is 10.4. The van der Waals surface area contributed by atoms with Gasteiger partial charge in [-0.3, -0.25) is 9.59 Å². The Bertz CT molecular complexity index is 580. The molecule has 1 unspecified atom stereocenters. The molecule has 0 aromatic heterocycles. The number of ether oxygens (including phenoxy) is 1.